The van der Waals surface area contributed by atoms with Crippen molar-refractivity contribution in [3.63, 3.8) is 0 Å². The lowest BCUT2D eigenvalue weighted by Crippen LogP contribution is -2.74. The highest BCUT2D eigenvalue weighted by Gasteiger charge is 2.62. The number of amidine groups is 1. The predicted molar refractivity (Wildman–Crippen MR) is 140 cm³/mol. The van der Waals surface area contributed by atoms with Gasteiger partial charge in [-0.25, -0.2) is 19.2 Å². The first-order valence-electron chi connectivity index (χ1n) is 13.3. The second-order valence-corrected chi connectivity index (χ2v) is 9.42. The van der Waals surface area contributed by atoms with E-state index >= 15 is 0 Å². The van der Waals surface area contributed by atoms with Crippen LogP contribution in [0.3, 0.4) is 0 Å². The molecule has 1 N–H and O–H groups in total. The van der Waals surface area contributed by atoms with Gasteiger partial charge in [-0.15, -0.1) is 0 Å². The number of aliphatic hydroxyl groups excluding tert-OH is 1. The minimum absolute atomic E-state index is 0.114. The highest BCUT2D eigenvalue weighted by Crippen LogP contribution is 2.41. The third kappa shape index (κ3) is 5.00. The number of amides is 3. The Balaban J connectivity index is 1.82. The van der Waals surface area contributed by atoms with Crippen molar-refractivity contribution in [2.45, 2.75) is 58.2 Å². The molecule has 2 atom stereocenters. The number of aliphatic imine (C=N–C) groups is 1. The molecular formula is C27H36FN7O3. The van der Waals surface area contributed by atoms with Crippen LogP contribution in [0.15, 0.2) is 47.8 Å². The van der Waals surface area contributed by atoms with Gasteiger partial charge in [0.25, 0.3) is 5.91 Å². The van der Waals surface area contributed by atoms with Gasteiger partial charge in [-0.05, 0) is 30.9 Å². The number of urea groups is 1. The van der Waals surface area contributed by atoms with Gasteiger partial charge in [0.15, 0.2) is 11.7 Å². The van der Waals surface area contributed by atoms with Crippen molar-refractivity contribution in [3.8, 4) is 0 Å². The van der Waals surface area contributed by atoms with E-state index in [0.717, 1.165) is 0 Å². The summed E-state index contributed by atoms with van der Waals surface area (Å²) in [5.74, 6) is -0.0845. The third-order valence-electron chi connectivity index (χ3n) is 7.21. The van der Waals surface area contributed by atoms with Crippen molar-refractivity contribution in [2.75, 3.05) is 32.8 Å². The SMILES string of the molecule is CCCN1C(=O)C2N(N(CC)CCO)C(Cc3cnccn3)=NC2(CC)N(CCc2ccccc2F)C1=O. The van der Waals surface area contributed by atoms with Crippen LogP contribution in [0.1, 0.15) is 44.9 Å². The first-order valence-corrected chi connectivity index (χ1v) is 13.3. The largest absolute Gasteiger partial charge is 0.395 e. The fraction of sp³-hybridized carbons (Fsp3) is 0.519. The van der Waals surface area contributed by atoms with Gasteiger partial charge in [0.2, 0.25) is 0 Å². The van der Waals surface area contributed by atoms with Crippen molar-refractivity contribution in [1.82, 2.24) is 29.8 Å². The normalized spacial score (nSPS) is 21.4. The Hall–Kier alpha value is -3.44. The number of halogens is 1. The molecule has 10 nitrogen and oxygen atoms in total. The third-order valence-corrected chi connectivity index (χ3v) is 7.21. The lowest BCUT2D eigenvalue weighted by molar-refractivity contribution is -0.151. The van der Waals surface area contributed by atoms with E-state index in [9.17, 15) is 19.1 Å². The van der Waals surface area contributed by atoms with E-state index in [2.05, 4.69) is 9.97 Å². The zero-order valence-electron chi connectivity index (χ0n) is 22.3. The molecule has 0 spiro atoms. The standard InChI is InChI=1S/C27H36FN7O3/c1-4-14-33-25(37)24-27(5-2,34(26(33)38)15-11-20-9-7-8-10-22(20)28)31-23(18-21-19-29-12-13-30-21)35(24)32(6-3)16-17-36/h7-10,12-13,19,24,36H,4-6,11,14-18H2,1-3H3. The van der Waals surface area contributed by atoms with Crippen molar-refractivity contribution >= 4 is 17.8 Å². The van der Waals surface area contributed by atoms with Gasteiger partial charge in [-0.3, -0.25) is 29.6 Å². The monoisotopic (exact) mass is 525 g/mol. The molecule has 0 saturated carbocycles. The molecule has 3 heterocycles. The first kappa shape index (κ1) is 27.6. The molecule has 1 fully saturated rings. The molecule has 3 amide bonds. The molecule has 38 heavy (non-hydrogen) atoms. The van der Waals surface area contributed by atoms with E-state index < -0.39 is 17.7 Å². The molecule has 204 valence electrons. The summed E-state index contributed by atoms with van der Waals surface area (Å²) in [6.07, 6.45) is 6.39. The van der Waals surface area contributed by atoms with Crippen LogP contribution in [0.4, 0.5) is 9.18 Å². The van der Waals surface area contributed by atoms with Gasteiger partial charge in [0.05, 0.1) is 18.7 Å². The number of benzene rings is 1. The lowest BCUT2D eigenvalue weighted by atomic mass is 9.91. The molecule has 0 aliphatic carbocycles. The average Bonchev–Trinajstić information content (AvgIpc) is 3.26. The van der Waals surface area contributed by atoms with Crippen LogP contribution in [-0.2, 0) is 17.6 Å². The Morgan fingerprint density at radius 2 is 1.92 bits per heavy atom. The average molecular weight is 526 g/mol. The molecule has 1 saturated heterocycles. The summed E-state index contributed by atoms with van der Waals surface area (Å²) in [5.41, 5.74) is -0.0243. The molecule has 11 heteroatoms. The van der Waals surface area contributed by atoms with Crippen LogP contribution in [0.5, 0.6) is 0 Å². The fourth-order valence-electron chi connectivity index (χ4n) is 5.42. The van der Waals surface area contributed by atoms with Gasteiger partial charge in [0.1, 0.15) is 11.7 Å². The number of carbonyl (C=O) groups excluding carboxylic acids is 2. The van der Waals surface area contributed by atoms with Crippen molar-refractivity contribution in [1.29, 1.82) is 0 Å². The molecule has 1 aromatic carbocycles. The van der Waals surface area contributed by atoms with Gasteiger partial charge in [-0.2, -0.15) is 0 Å². The number of hydrogen-bond acceptors (Lipinski definition) is 8. The second-order valence-electron chi connectivity index (χ2n) is 9.42. The molecule has 2 aliphatic rings. The highest BCUT2D eigenvalue weighted by molar-refractivity contribution is 6.05. The fourth-order valence-corrected chi connectivity index (χ4v) is 5.42. The number of imide groups is 1. The summed E-state index contributed by atoms with van der Waals surface area (Å²) >= 11 is 0. The van der Waals surface area contributed by atoms with Gasteiger partial charge < -0.3 is 5.11 Å². The summed E-state index contributed by atoms with van der Waals surface area (Å²) < 4.78 is 14.5. The number of nitrogens with zero attached hydrogens (tertiary/aromatic N) is 7. The van der Waals surface area contributed by atoms with E-state index in [1.165, 1.54) is 11.0 Å². The van der Waals surface area contributed by atoms with Crippen LogP contribution in [0, 0.1) is 5.82 Å². The molecule has 4 rings (SSSR count). The first-order chi connectivity index (χ1) is 18.4. The summed E-state index contributed by atoms with van der Waals surface area (Å²) in [6.45, 7) is 6.92. The van der Waals surface area contributed by atoms with Crippen molar-refractivity contribution in [2.24, 2.45) is 4.99 Å². The Labute approximate surface area is 222 Å². The van der Waals surface area contributed by atoms with Crippen LogP contribution in [0.25, 0.3) is 0 Å². The van der Waals surface area contributed by atoms with Crippen LogP contribution >= 0.6 is 0 Å². The maximum Gasteiger partial charge on any atom is 0.328 e. The molecule has 1 aromatic heterocycles. The van der Waals surface area contributed by atoms with Crippen LogP contribution in [0.2, 0.25) is 0 Å². The summed E-state index contributed by atoms with van der Waals surface area (Å²) in [6, 6.07) is 5.27. The number of carbonyl (C=O) groups is 2. The number of aliphatic hydroxyl groups is 1. The summed E-state index contributed by atoms with van der Waals surface area (Å²) in [7, 11) is 0. The summed E-state index contributed by atoms with van der Waals surface area (Å²) in [5, 5.41) is 13.6. The molecule has 2 aromatic rings. The second kappa shape index (κ2) is 12.0. The Morgan fingerprint density at radius 1 is 1.13 bits per heavy atom. The number of fused-ring (bicyclic) bond motifs is 1. The van der Waals surface area contributed by atoms with E-state index in [1.807, 2.05) is 30.8 Å². The Morgan fingerprint density at radius 3 is 2.55 bits per heavy atom. The van der Waals surface area contributed by atoms with E-state index in [1.54, 1.807) is 41.7 Å². The summed E-state index contributed by atoms with van der Waals surface area (Å²) in [4.78, 5) is 44.5. The topological polar surface area (TPSA) is 105 Å². The van der Waals surface area contributed by atoms with Gasteiger partial charge >= 0.3 is 6.03 Å². The predicted octanol–water partition coefficient (Wildman–Crippen LogP) is 2.49. The minimum atomic E-state index is -1.19. The Bertz CT molecular complexity index is 1160. The van der Waals surface area contributed by atoms with Crippen LogP contribution < -0.4 is 0 Å². The maximum atomic E-state index is 14.5. The van der Waals surface area contributed by atoms with Crippen LogP contribution in [-0.4, -0.2) is 97.2 Å². The minimum Gasteiger partial charge on any atom is -0.395 e. The zero-order chi connectivity index (χ0) is 27.3. The smallest absolute Gasteiger partial charge is 0.328 e. The van der Waals surface area contributed by atoms with Crippen molar-refractivity contribution < 1.29 is 19.1 Å². The molecule has 2 aliphatic heterocycles. The van der Waals surface area contributed by atoms with E-state index in [4.69, 9.17) is 4.99 Å². The number of hydrogen-bond donors (Lipinski definition) is 1. The number of aromatic nitrogens is 2. The highest BCUT2D eigenvalue weighted by atomic mass is 19.1. The van der Waals surface area contributed by atoms with Gasteiger partial charge in [-0.1, -0.05) is 39.0 Å². The quantitative estimate of drug-likeness (QED) is 0.454. The molecular weight excluding hydrogens is 489 g/mol. The number of rotatable bonds is 12. The zero-order valence-corrected chi connectivity index (χ0v) is 22.3. The van der Waals surface area contributed by atoms with Crippen molar-refractivity contribution in [3.05, 3.63) is 59.9 Å². The lowest BCUT2D eigenvalue weighted by Gasteiger charge is -2.51. The Kier molecular flexibility index (Phi) is 8.68. The molecule has 0 bridgehead atoms. The molecule has 0 radical (unpaired) electrons. The number of likely N-dealkylation sites (N-methyl/N-ethyl adjacent to an activating group) is 1. The van der Waals surface area contributed by atoms with E-state index in [0.29, 0.717) is 42.9 Å². The van der Waals surface area contributed by atoms with Gasteiger partial charge in [0, 0.05) is 44.8 Å². The molecule has 2 unspecified atom stereocenters. The maximum absolute atomic E-state index is 14.5. The van der Waals surface area contributed by atoms with E-state index in [-0.39, 0.29) is 44.4 Å². The number of hydrazine groups is 1.